The molecule has 2 aromatic rings. The molecule has 0 bridgehead atoms. The molecule has 1 saturated heterocycles. The van der Waals surface area contributed by atoms with E-state index in [0.717, 1.165) is 19.5 Å². The highest BCUT2D eigenvalue weighted by Crippen LogP contribution is 2.38. The number of hydrogen-bond donors (Lipinski definition) is 1. The van der Waals surface area contributed by atoms with E-state index in [4.69, 9.17) is 44.0 Å². The number of benzene rings is 1. The van der Waals surface area contributed by atoms with E-state index >= 15 is 0 Å². The zero-order valence-corrected chi connectivity index (χ0v) is 13.3. The summed E-state index contributed by atoms with van der Waals surface area (Å²) < 4.78 is 11.4. The number of aromatic nitrogens is 1. The molecule has 1 fully saturated rings. The minimum Gasteiger partial charge on any atom is -0.479 e. The zero-order chi connectivity index (χ0) is 14.8. The van der Waals surface area contributed by atoms with E-state index in [9.17, 15) is 0 Å². The van der Waals surface area contributed by atoms with E-state index in [2.05, 4.69) is 10.3 Å². The molecule has 112 valence electrons. The lowest BCUT2D eigenvalue weighted by Gasteiger charge is -2.22. The lowest BCUT2D eigenvalue weighted by molar-refractivity contribution is 0.114. The Kier molecular flexibility index (Phi) is 4.60. The molecule has 1 aliphatic heterocycles. The fourth-order valence-electron chi connectivity index (χ4n) is 2.39. The predicted molar refractivity (Wildman–Crippen MR) is 82.3 cm³/mol. The molecule has 21 heavy (non-hydrogen) atoms. The van der Waals surface area contributed by atoms with Crippen molar-refractivity contribution in [1.82, 2.24) is 10.3 Å². The maximum Gasteiger partial charge on any atom is 0.235 e. The summed E-state index contributed by atoms with van der Waals surface area (Å²) in [7, 11) is 0. The average Bonchev–Trinajstić information content (AvgIpc) is 3.14. The molecule has 1 aromatic carbocycles. The summed E-state index contributed by atoms with van der Waals surface area (Å²) in [6.07, 6.45) is 3.80. The first-order chi connectivity index (χ1) is 10.1. The summed E-state index contributed by atoms with van der Waals surface area (Å²) in [5.74, 6) is 1.26. The number of nitrogens with one attached hydrogen (secondary N) is 1. The highest BCUT2D eigenvalue weighted by molar-refractivity contribution is 6.43. The van der Waals surface area contributed by atoms with E-state index in [1.54, 1.807) is 18.3 Å². The Bertz CT molecular complexity index is 613. The van der Waals surface area contributed by atoms with Crippen LogP contribution in [0.1, 0.15) is 18.4 Å². The topological polar surface area (TPSA) is 47.3 Å². The molecule has 2 unspecified atom stereocenters. The lowest BCUT2D eigenvalue weighted by Crippen LogP contribution is -2.21. The molecule has 4 nitrogen and oxygen atoms in total. The van der Waals surface area contributed by atoms with Gasteiger partial charge in [0.15, 0.2) is 6.10 Å². The van der Waals surface area contributed by atoms with Crippen molar-refractivity contribution in [1.29, 1.82) is 0 Å². The van der Waals surface area contributed by atoms with Crippen molar-refractivity contribution < 1.29 is 9.15 Å². The van der Waals surface area contributed by atoms with Crippen molar-refractivity contribution >= 4 is 34.8 Å². The first-order valence-corrected chi connectivity index (χ1v) is 7.70. The van der Waals surface area contributed by atoms with Crippen LogP contribution in [0.2, 0.25) is 15.1 Å². The predicted octanol–water partition coefficient (Wildman–Crippen LogP) is 4.36. The van der Waals surface area contributed by atoms with E-state index in [0.29, 0.717) is 26.7 Å². The van der Waals surface area contributed by atoms with Crippen LogP contribution in [0.3, 0.4) is 0 Å². The largest absolute Gasteiger partial charge is 0.479 e. The molecule has 0 aliphatic carbocycles. The third-order valence-electron chi connectivity index (χ3n) is 3.45. The number of hydrogen-bond acceptors (Lipinski definition) is 4. The molecule has 7 heteroatoms. The number of halogens is 3. The van der Waals surface area contributed by atoms with Gasteiger partial charge in [-0.15, -0.1) is 0 Å². The fourth-order valence-corrected chi connectivity index (χ4v) is 2.97. The zero-order valence-electron chi connectivity index (χ0n) is 11.0. The van der Waals surface area contributed by atoms with Crippen LogP contribution < -0.4 is 10.1 Å². The van der Waals surface area contributed by atoms with E-state index in [1.807, 2.05) is 0 Å². The third-order valence-corrected chi connectivity index (χ3v) is 4.47. The van der Waals surface area contributed by atoms with Crippen LogP contribution in [-0.2, 0) is 0 Å². The van der Waals surface area contributed by atoms with Gasteiger partial charge in [-0.1, -0.05) is 34.8 Å². The third kappa shape index (κ3) is 3.29. The van der Waals surface area contributed by atoms with Crippen molar-refractivity contribution in [3.05, 3.63) is 45.6 Å². The number of rotatable bonds is 4. The normalized spacial score (nSPS) is 19.7. The standard InChI is InChI=1S/C14H13Cl3N2O2/c15-9-5-11(17)12(6-10(9)16)21-13(8-1-2-18-7-8)14-19-3-4-20-14/h3-6,8,13,18H,1-2,7H2. The van der Waals surface area contributed by atoms with Crippen molar-refractivity contribution in [3.63, 3.8) is 0 Å². The Morgan fingerprint density at radius 3 is 2.71 bits per heavy atom. The van der Waals surface area contributed by atoms with Crippen LogP contribution in [0.15, 0.2) is 29.0 Å². The Labute approximate surface area is 137 Å². The van der Waals surface area contributed by atoms with Crippen LogP contribution in [0, 0.1) is 5.92 Å². The van der Waals surface area contributed by atoms with Gasteiger partial charge in [-0.2, -0.15) is 0 Å². The van der Waals surface area contributed by atoms with E-state index in [-0.39, 0.29) is 12.0 Å². The molecular weight excluding hydrogens is 335 g/mol. The Morgan fingerprint density at radius 1 is 1.24 bits per heavy atom. The second-order valence-corrected chi connectivity index (χ2v) is 6.08. The molecule has 1 N–H and O–H groups in total. The first-order valence-electron chi connectivity index (χ1n) is 6.56. The summed E-state index contributed by atoms with van der Waals surface area (Å²) in [5.41, 5.74) is 0. The molecule has 0 saturated carbocycles. The molecule has 2 heterocycles. The van der Waals surface area contributed by atoms with Crippen LogP contribution in [0.25, 0.3) is 0 Å². The smallest absolute Gasteiger partial charge is 0.235 e. The number of ether oxygens (including phenoxy) is 1. The van der Waals surface area contributed by atoms with Gasteiger partial charge in [0.2, 0.25) is 5.89 Å². The van der Waals surface area contributed by atoms with Gasteiger partial charge in [-0.3, -0.25) is 0 Å². The maximum atomic E-state index is 6.18. The average molecular weight is 348 g/mol. The van der Waals surface area contributed by atoms with Crippen LogP contribution >= 0.6 is 34.8 Å². The van der Waals surface area contributed by atoms with Gasteiger partial charge in [0, 0.05) is 18.5 Å². The number of nitrogens with zero attached hydrogens (tertiary/aromatic N) is 1. The van der Waals surface area contributed by atoms with E-state index in [1.165, 1.54) is 6.26 Å². The molecule has 3 rings (SSSR count). The quantitative estimate of drug-likeness (QED) is 0.835. The van der Waals surface area contributed by atoms with Gasteiger partial charge < -0.3 is 14.5 Å². The molecule has 0 radical (unpaired) electrons. The SMILES string of the molecule is Clc1cc(Cl)c(OC(c2ncco2)C2CCNC2)cc1Cl. The molecular formula is C14H13Cl3N2O2. The van der Waals surface area contributed by atoms with Crippen LogP contribution in [0.5, 0.6) is 5.75 Å². The van der Waals surface area contributed by atoms with Crippen molar-refractivity contribution in [2.75, 3.05) is 13.1 Å². The molecule has 1 aromatic heterocycles. The van der Waals surface area contributed by atoms with Gasteiger partial charge in [-0.25, -0.2) is 4.98 Å². The first kappa shape index (κ1) is 15.0. The molecule has 0 spiro atoms. The maximum absolute atomic E-state index is 6.18. The van der Waals surface area contributed by atoms with Gasteiger partial charge >= 0.3 is 0 Å². The van der Waals surface area contributed by atoms with Crippen molar-refractivity contribution in [2.24, 2.45) is 5.92 Å². The highest BCUT2D eigenvalue weighted by atomic mass is 35.5. The van der Waals surface area contributed by atoms with Gasteiger partial charge in [0.05, 0.1) is 21.3 Å². The van der Waals surface area contributed by atoms with Crippen molar-refractivity contribution in [2.45, 2.75) is 12.5 Å². The summed E-state index contributed by atoms with van der Waals surface area (Å²) >= 11 is 18.1. The second kappa shape index (κ2) is 6.44. The van der Waals surface area contributed by atoms with Crippen LogP contribution in [-0.4, -0.2) is 18.1 Å². The minimum atomic E-state index is -0.315. The molecule has 2 atom stereocenters. The Morgan fingerprint density at radius 2 is 2.05 bits per heavy atom. The van der Waals surface area contributed by atoms with Crippen LogP contribution in [0.4, 0.5) is 0 Å². The summed E-state index contributed by atoms with van der Waals surface area (Å²) in [5, 5.41) is 4.50. The number of oxazole rings is 1. The lowest BCUT2D eigenvalue weighted by atomic mass is 10.0. The highest BCUT2D eigenvalue weighted by Gasteiger charge is 2.32. The van der Waals surface area contributed by atoms with Gasteiger partial charge in [0.25, 0.3) is 0 Å². The summed E-state index contributed by atoms with van der Waals surface area (Å²) in [4.78, 5) is 4.21. The minimum absolute atomic E-state index is 0.258. The van der Waals surface area contributed by atoms with Gasteiger partial charge in [0.1, 0.15) is 12.0 Å². The summed E-state index contributed by atoms with van der Waals surface area (Å²) in [6, 6.07) is 3.19. The fraction of sp³-hybridized carbons (Fsp3) is 0.357. The Hall–Kier alpha value is -0.940. The Balaban J connectivity index is 1.89. The van der Waals surface area contributed by atoms with Gasteiger partial charge in [-0.05, 0) is 19.0 Å². The summed E-state index contributed by atoms with van der Waals surface area (Å²) in [6.45, 7) is 1.78. The molecule has 1 aliphatic rings. The molecule has 0 amide bonds. The monoisotopic (exact) mass is 346 g/mol. The second-order valence-electron chi connectivity index (χ2n) is 4.86. The van der Waals surface area contributed by atoms with E-state index < -0.39 is 0 Å². The van der Waals surface area contributed by atoms with Crippen molar-refractivity contribution in [3.8, 4) is 5.75 Å².